The van der Waals surface area contributed by atoms with Gasteiger partial charge in [0.1, 0.15) is 10.6 Å². The van der Waals surface area contributed by atoms with Gasteiger partial charge < -0.3 is 9.88 Å². The van der Waals surface area contributed by atoms with Crippen LogP contribution in [0.2, 0.25) is 5.02 Å². The molecule has 1 aromatic carbocycles. The maximum atomic E-state index is 12.9. The number of rotatable bonds is 4. The van der Waals surface area contributed by atoms with Crippen molar-refractivity contribution in [1.82, 2.24) is 8.87 Å². The molecule has 1 saturated heterocycles. The van der Waals surface area contributed by atoms with Crippen molar-refractivity contribution in [3.8, 4) is 0 Å². The first-order chi connectivity index (χ1) is 12.7. The van der Waals surface area contributed by atoms with Gasteiger partial charge in [0, 0.05) is 37.0 Å². The van der Waals surface area contributed by atoms with Crippen LogP contribution in [0.4, 0.5) is 5.69 Å². The number of piperidine rings is 1. The normalized spacial score (nSPS) is 16.4. The highest BCUT2D eigenvalue weighted by Crippen LogP contribution is 2.25. The number of carbonyl (C=O) groups excluding carboxylic acids is 1. The predicted octanol–water partition coefficient (Wildman–Crippen LogP) is 3.66. The minimum atomic E-state index is -3.59. The van der Waals surface area contributed by atoms with Gasteiger partial charge >= 0.3 is 0 Å². The van der Waals surface area contributed by atoms with Crippen LogP contribution < -0.4 is 5.32 Å². The second-order valence-electron chi connectivity index (χ2n) is 7.18. The molecule has 27 heavy (non-hydrogen) atoms. The fraction of sp³-hybridized carbons (Fsp3) is 0.421. The third-order valence-electron chi connectivity index (χ3n) is 5.02. The van der Waals surface area contributed by atoms with Crippen LogP contribution in [0.25, 0.3) is 0 Å². The number of hydrogen-bond acceptors (Lipinski definition) is 3. The number of carbonyl (C=O) groups is 1. The van der Waals surface area contributed by atoms with Gasteiger partial charge in [0.25, 0.3) is 5.91 Å². The Hall–Kier alpha value is -1.83. The molecule has 1 amide bonds. The van der Waals surface area contributed by atoms with E-state index in [9.17, 15) is 13.2 Å². The molecule has 6 nitrogen and oxygen atoms in total. The summed E-state index contributed by atoms with van der Waals surface area (Å²) in [6, 6.07) is 6.67. The summed E-state index contributed by atoms with van der Waals surface area (Å²) in [6.07, 6.45) is 3.20. The third-order valence-corrected chi connectivity index (χ3v) is 7.29. The van der Waals surface area contributed by atoms with Crippen molar-refractivity contribution >= 4 is 33.2 Å². The van der Waals surface area contributed by atoms with Crippen LogP contribution in [0.5, 0.6) is 0 Å². The Kier molecular flexibility index (Phi) is 5.65. The zero-order valence-corrected chi connectivity index (χ0v) is 17.3. The number of halogens is 1. The Balaban J connectivity index is 1.81. The maximum Gasteiger partial charge on any atom is 0.272 e. The fourth-order valence-corrected chi connectivity index (χ4v) is 4.86. The van der Waals surface area contributed by atoms with Crippen molar-refractivity contribution < 1.29 is 13.2 Å². The molecule has 1 aromatic heterocycles. The highest BCUT2D eigenvalue weighted by atomic mass is 35.5. The molecule has 0 aliphatic carbocycles. The Bertz CT molecular complexity index is 961. The number of nitrogens with one attached hydrogen (secondary N) is 1. The number of anilines is 1. The Morgan fingerprint density at radius 1 is 1.22 bits per heavy atom. The van der Waals surface area contributed by atoms with Crippen molar-refractivity contribution in [2.45, 2.75) is 31.6 Å². The highest BCUT2D eigenvalue weighted by Gasteiger charge is 2.30. The highest BCUT2D eigenvalue weighted by molar-refractivity contribution is 7.89. The standard InChI is InChI=1S/C19H24ClN3O3S/c1-13-6-8-23(9-7-13)27(25,26)16-11-18(22(3)12-16)19(24)21-15-5-4-14(2)17(20)10-15/h4-5,10-13H,6-9H2,1-3H3,(H,21,24). The van der Waals surface area contributed by atoms with Crippen molar-refractivity contribution in [2.75, 3.05) is 18.4 Å². The molecule has 8 heteroatoms. The zero-order valence-electron chi connectivity index (χ0n) is 15.7. The molecule has 0 unspecified atom stereocenters. The number of aryl methyl sites for hydroxylation is 2. The largest absolute Gasteiger partial charge is 0.345 e. The van der Waals surface area contributed by atoms with Gasteiger partial charge in [-0.05, 0) is 49.4 Å². The number of amides is 1. The molecule has 1 aliphatic heterocycles. The molecule has 2 heterocycles. The van der Waals surface area contributed by atoms with Gasteiger partial charge in [0.2, 0.25) is 10.0 Å². The summed E-state index contributed by atoms with van der Waals surface area (Å²) < 4.78 is 28.8. The third kappa shape index (κ3) is 4.20. The summed E-state index contributed by atoms with van der Waals surface area (Å²) in [7, 11) is -1.93. The van der Waals surface area contributed by atoms with E-state index >= 15 is 0 Å². The van der Waals surface area contributed by atoms with Crippen LogP contribution in [-0.4, -0.2) is 36.3 Å². The van der Waals surface area contributed by atoms with Crippen molar-refractivity contribution in [3.05, 3.63) is 46.7 Å². The average molecular weight is 410 g/mol. The summed E-state index contributed by atoms with van der Waals surface area (Å²) in [5.41, 5.74) is 1.75. The number of nitrogens with zero attached hydrogens (tertiary/aromatic N) is 2. The van der Waals surface area contributed by atoms with E-state index in [1.165, 1.54) is 21.1 Å². The fourth-order valence-electron chi connectivity index (χ4n) is 3.14. The number of aromatic nitrogens is 1. The smallest absolute Gasteiger partial charge is 0.272 e. The molecular weight excluding hydrogens is 386 g/mol. The number of sulfonamides is 1. The lowest BCUT2D eigenvalue weighted by Crippen LogP contribution is -2.37. The molecule has 146 valence electrons. The summed E-state index contributed by atoms with van der Waals surface area (Å²) in [4.78, 5) is 12.8. The van der Waals surface area contributed by atoms with E-state index in [4.69, 9.17) is 11.6 Å². The van der Waals surface area contributed by atoms with Gasteiger partial charge in [-0.15, -0.1) is 0 Å². The predicted molar refractivity (Wildman–Crippen MR) is 107 cm³/mol. The second kappa shape index (κ2) is 7.66. The molecule has 1 fully saturated rings. The van der Waals surface area contributed by atoms with Crippen molar-refractivity contribution in [3.63, 3.8) is 0 Å². The van der Waals surface area contributed by atoms with Crippen molar-refractivity contribution in [1.29, 1.82) is 0 Å². The molecule has 0 atom stereocenters. The molecule has 0 radical (unpaired) electrons. The van der Waals surface area contributed by atoms with Gasteiger partial charge in [-0.2, -0.15) is 4.31 Å². The van der Waals surface area contributed by atoms with Gasteiger partial charge in [0.15, 0.2) is 0 Å². The minimum Gasteiger partial charge on any atom is -0.345 e. The van der Waals surface area contributed by atoms with Crippen LogP contribution in [0.1, 0.15) is 35.8 Å². The van der Waals surface area contributed by atoms with E-state index in [2.05, 4.69) is 12.2 Å². The van der Waals surface area contributed by atoms with Crippen LogP contribution in [-0.2, 0) is 17.1 Å². The molecule has 0 saturated carbocycles. The monoisotopic (exact) mass is 409 g/mol. The van der Waals surface area contributed by atoms with E-state index in [1.807, 2.05) is 13.0 Å². The summed E-state index contributed by atoms with van der Waals surface area (Å²) in [6.45, 7) is 5.04. The SMILES string of the molecule is Cc1ccc(NC(=O)c2cc(S(=O)(=O)N3CCC(C)CC3)cn2C)cc1Cl. The van der Waals surface area contributed by atoms with E-state index in [-0.39, 0.29) is 16.5 Å². The number of benzene rings is 1. The van der Waals surface area contributed by atoms with Gasteiger partial charge in [-0.1, -0.05) is 24.6 Å². The van der Waals surface area contributed by atoms with E-state index < -0.39 is 10.0 Å². The summed E-state index contributed by atoms with van der Waals surface area (Å²) >= 11 is 6.09. The molecule has 1 N–H and O–H groups in total. The topological polar surface area (TPSA) is 71.4 Å². The van der Waals surface area contributed by atoms with Crippen LogP contribution in [0, 0.1) is 12.8 Å². The quantitative estimate of drug-likeness (QED) is 0.837. The van der Waals surface area contributed by atoms with E-state index in [0.29, 0.717) is 29.7 Å². The second-order valence-corrected chi connectivity index (χ2v) is 9.52. The molecular formula is C19H24ClN3O3S. The first-order valence-corrected chi connectivity index (χ1v) is 10.7. The first-order valence-electron chi connectivity index (χ1n) is 8.92. The van der Waals surface area contributed by atoms with Gasteiger partial charge in [-0.3, -0.25) is 4.79 Å². The average Bonchev–Trinajstić information content (AvgIpc) is 3.01. The molecule has 1 aliphatic rings. The Labute approximate surface area is 165 Å². The van der Waals surface area contributed by atoms with Gasteiger partial charge in [0.05, 0.1) is 0 Å². The van der Waals surface area contributed by atoms with Crippen LogP contribution in [0.3, 0.4) is 0 Å². The Morgan fingerprint density at radius 3 is 2.52 bits per heavy atom. The lowest BCUT2D eigenvalue weighted by Gasteiger charge is -2.29. The molecule has 0 spiro atoms. The maximum absolute atomic E-state index is 12.9. The van der Waals surface area contributed by atoms with Gasteiger partial charge in [-0.25, -0.2) is 8.42 Å². The summed E-state index contributed by atoms with van der Waals surface area (Å²) in [5, 5.41) is 3.32. The molecule has 3 rings (SSSR count). The summed E-state index contributed by atoms with van der Waals surface area (Å²) in [5.74, 6) is 0.154. The van der Waals surface area contributed by atoms with Crippen LogP contribution in [0.15, 0.2) is 35.4 Å². The molecule has 0 bridgehead atoms. The minimum absolute atomic E-state index is 0.145. The lowest BCUT2D eigenvalue weighted by molar-refractivity contribution is 0.101. The van der Waals surface area contributed by atoms with E-state index in [1.54, 1.807) is 19.2 Å². The van der Waals surface area contributed by atoms with E-state index in [0.717, 1.165) is 18.4 Å². The molecule has 2 aromatic rings. The van der Waals surface area contributed by atoms with Crippen LogP contribution >= 0.6 is 11.6 Å². The first kappa shape index (κ1) is 19.9. The lowest BCUT2D eigenvalue weighted by atomic mass is 10.0. The number of hydrogen-bond donors (Lipinski definition) is 1. The zero-order chi connectivity index (χ0) is 19.8. The Morgan fingerprint density at radius 2 is 1.89 bits per heavy atom. The van der Waals surface area contributed by atoms with Crippen molar-refractivity contribution in [2.24, 2.45) is 13.0 Å².